The maximum Gasteiger partial charge on any atom is 0.318 e. The second-order valence-corrected chi connectivity index (χ2v) is 6.13. The highest BCUT2D eigenvalue weighted by atomic mass is 16.5. The third-order valence-corrected chi connectivity index (χ3v) is 3.76. The lowest BCUT2D eigenvalue weighted by molar-refractivity contribution is -0.149. The van der Waals surface area contributed by atoms with Crippen LogP contribution in [0, 0.1) is 0 Å². The lowest BCUT2D eigenvalue weighted by Crippen LogP contribution is -2.30. The van der Waals surface area contributed by atoms with Crippen molar-refractivity contribution in [2.24, 2.45) is 0 Å². The average Bonchev–Trinajstić information content (AvgIpc) is 2.56. The molecule has 24 heavy (non-hydrogen) atoms. The minimum absolute atomic E-state index is 0.169. The molecule has 0 N–H and O–H groups in total. The number of methoxy groups -OCH3 is 1. The molecule has 0 heterocycles. The van der Waals surface area contributed by atoms with Crippen molar-refractivity contribution in [2.75, 3.05) is 27.7 Å². The molecule has 0 bridgehead atoms. The summed E-state index contributed by atoms with van der Waals surface area (Å²) in [5.41, 5.74) is 1.81. The smallest absolute Gasteiger partial charge is 0.318 e. The van der Waals surface area contributed by atoms with Crippen molar-refractivity contribution >= 4 is 5.97 Å². The van der Waals surface area contributed by atoms with Crippen LogP contribution in [0.3, 0.4) is 0 Å². The standard InChI is InChI=1S/C20H25NO3/c1-15(14-21(2)3)24-20(22)19(16-8-6-5-7-9-16)17-10-12-18(23-4)13-11-17/h5-13,15,19H,14H2,1-4H3/t15-,19+/m0/s1. The van der Waals surface area contributed by atoms with Crippen molar-refractivity contribution in [3.05, 3.63) is 65.7 Å². The van der Waals surface area contributed by atoms with Crippen molar-refractivity contribution in [1.29, 1.82) is 0 Å². The van der Waals surface area contributed by atoms with Gasteiger partial charge in [-0.15, -0.1) is 0 Å². The molecule has 2 rings (SSSR count). The van der Waals surface area contributed by atoms with E-state index in [1.807, 2.05) is 80.5 Å². The molecule has 0 unspecified atom stereocenters. The first kappa shape index (κ1) is 18.0. The summed E-state index contributed by atoms with van der Waals surface area (Å²) in [4.78, 5) is 14.8. The Morgan fingerprint density at radius 2 is 1.58 bits per heavy atom. The number of likely N-dealkylation sites (N-methyl/N-ethyl adjacent to an activating group) is 1. The van der Waals surface area contributed by atoms with Crippen LogP contribution in [0.5, 0.6) is 5.75 Å². The summed E-state index contributed by atoms with van der Waals surface area (Å²) >= 11 is 0. The molecule has 2 aromatic rings. The molecular weight excluding hydrogens is 302 g/mol. The van der Waals surface area contributed by atoms with Gasteiger partial charge in [-0.1, -0.05) is 42.5 Å². The van der Waals surface area contributed by atoms with Gasteiger partial charge in [-0.25, -0.2) is 0 Å². The zero-order valence-electron chi connectivity index (χ0n) is 14.7. The predicted octanol–water partition coefficient (Wildman–Crippen LogP) is 3.32. The highest BCUT2D eigenvalue weighted by molar-refractivity contribution is 5.82. The van der Waals surface area contributed by atoms with Crippen LogP contribution < -0.4 is 4.74 Å². The van der Waals surface area contributed by atoms with Crippen molar-refractivity contribution in [2.45, 2.75) is 18.9 Å². The topological polar surface area (TPSA) is 38.8 Å². The molecule has 2 atom stereocenters. The van der Waals surface area contributed by atoms with Crippen LogP contribution in [0.1, 0.15) is 24.0 Å². The number of carbonyl (C=O) groups is 1. The van der Waals surface area contributed by atoms with Gasteiger partial charge in [-0.3, -0.25) is 4.79 Å². The Labute approximate surface area is 144 Å². The number of ether oxygens (including phenoxy) is 2. The Morgan fingerprint density at radius 3 is 2.12 bits per heavy atom. The predicted molar refractivity (Wildman–Crippen MR) is 95.4 cm³/mol. The summed E-state index contributed by atoms with van der Waals surface area (Å²) < 4.78 is 10.9. The maximum atomic E-state index is 12.8. The molecule has 2 aromatic carbocycles. The molecule has 0 radical (unpaired) electrons. The van der Waals surface area contributed by atoms with E-state index < -0.39 is 5.92 Å². The van der Waals surface area contributed by atoms with Gasteiger partial charge >= 0.3 is 5.97 Å². The summed E-state index contributed by atoms with van der Waals surface area (Å²) in [6, 6.07) is 17.3. The highest BCUT2D eigenvalue weighted by Crippen LogP contribution is 2.28. The second kappa shape index (κ2) is 8.50. The van der Waals surface area contributed by atoms with E-state index in [4.69, 9.17) is 9.47 Å². The average molecular weight is 327 g/mol. The monoisotopic (exact) mass is 327 g/mol. The molecule has 4 heteroatoms. The van der Waals surface area contributed by atoms with Crippen LogP contribution in [0.2, 0.25) is 0 Å². The maximum absolute atomic E-state index is 12.8. The molecule has 0 aliphatic rings. The van der Waals surface area contributed by atoms with Gasteiger partial charge in [0.15, 0.2) is 0 Å². The quantitative estimate of drug-likeness (QED) is 0.731. The summed E-state index contributed by atoms with van der Waals surface area (Å²) in [7, 11) is 5.55. The van der Waals surface area contributed by atoms with Crippen LogP contribution in [0.4, 0.5) is 0 Å². The van der Waals surface area contributed by atoms with Gasteiger partial charge in [0.05, 0.1) is 7.11 Å². The van der Waals surface area contributed by atoms with Gasteiger partial charge < -0.3 is 14.4 Å². The summed E-state index contributed by atoms with van der Waals surface area (Å²) in [6.07, 6.45) is -0.169. The van der Waals surface area contributed by atoms with Crippen molar-refractivity contribution in [1.82, 2.24) is 4.90 Å². The van der Waals surface area contributed by atoms with E-state index >= 15 is 0 Å². The van der Waals surface area contributed by atoms with Crippen LogP contribution in [0.25, 0.3) is 0 Å². The number of benzene rings is 2. The first-order chi connectivity index (χ1) is 11.5. The Morgan fingerprint density at radius 1 is 1.00 bits per heavy atom. The fraction of sp³-hybridized carbons (Fsp3) is 0.350. The van der Waals surface area contributed by atoms with Gasteiger partial charge in [0, 0.05) is 6.54 Å². The van der Waals surface area contributed by atoms with Crippen molar-refractivity contribution in [3.63, 3.8) is 0 Å². The van der Waals surface area contributed by atoms with E-state index in [2.05, 4.69) is 0 Å². The molecule has 0 aliphatic heterocycles. The van der Waals surface area contributed by atoms with Gasteiger partial charge in [0.25, 0.3) is 0 Å². The van der Waals surface area contributed by atoms with Gasteiger partial charge in [-0.05, 0) is 44.3 Å². The number of rotatable bonds is 7. The van der Waals surface area contributed by atoms with E-state index in [1.54, 1.807) is 7.11 Å². The van der Waals surface area contributed by atoms with Crippen LogP contribution in [-0.2, 0) is 9.53 Å². The Kier molecular flexibility index (Phi) is 6.38. The van der Waals surface area contributed by atoms with Crippen molar-refractivity contribution < 1.29 is 14.3 Å². The SMILES string of the molecule is COc1ccc([C@H](C(=O)O[C@@H](C)CN(C)C)c2ccccc2)cc1. The molecule has 0 fully saturated rings. The molecule has 4 nitrogen and oxygen atoms in total. The van der Waals surface area contributed by atoms with Crippen LogP contribution in [0.15, 0.2) is 54.6 Å². The van der Waals surface area contributed by atoms with E-state index in [0.717, 1.165) is 16.9 Å². The zero-order chi connectivity index (χ0) is 17.5. The summed E-state index contributed by atoms with van der Waals surface area (Å²) in [5.74, 6) is 0.0855. The molecule has 0 spiro atoms. The molecule has 0 saturated carbocycles. The number of carbonyl (C=O) groups excluding carboxylic acids is 1. The molecule has 128 valence electrons. The largest absolute Gasteiger partial charge is 0.497 e. The van der Waals surface area contributed by atoms with Gasteiger partial charge in [0.1, 0.15) is 17.8 Å². The fourth-order valence-corrected chi connectivity index (χ4v) is 2.72. The highest BCUT2D eigenvalue weighted by Gasteiger charge is 2.26. The Bertz CT molecular complexity index is 638. The minimum Gasteiger partial charge on any atom is -0.497 e. The fourth-order valence-electron chi connectivity index (χ4n) is 2.72. The lowest BCUT2D eigenvalue weighted by atomic mass is 9.91. The normalized spacial score (nSPS) is 13.4. The number of esters is 1. The number of hydrogen-bond donors (Lipinski definition) is 0. The number of hydrogen-bond acceptors (Lipinski definition) is 4. The van der Waals surface area contributed by atoms with Crippen LogP contribution in [-0.4, -0.2) is 44.7 Å². The third-order valence-electron chi connectivity index (χ3n) is 3.76. The molecular formula is C20H25NO3. The second-order valence-electron chi connectivity index (χ2n) is 6.13. The van der Waals surface area contributed by atoms with Crippen LogP contribution >= 0.6 is 0 Å². The van der Waals surface area contributed by atoms with E-state index in [-0.39, 0.29) is 12.1 Å². The lowest BCUT2D eigenvalue weighted by Gasteiger charge is -2.22. The van der Waals surface area contributed by atoms with Crippen molar-refractivity contribution in [3.8, 4) is 5.75 Å². The Balaban J connectivity index is 2.27. The summed E-state index contributed by atoms with van der Waals surface area (Å²) in [5, 5.41) is 0. The Hall–Kier alpha value is -2.33. The van der Waals surface area contributed by atoms with E-state index in [9.17, 15) is 4.79 Å². The minimum atomic E-state index is -0.443. The van der Waals surface area contributed by atoms with Gasteiger partial charge in [0.2, 0.25) is 0 Å². The number of nitrogens with zero attached hydrogens (tertiary/aromatic N) is 1. The molecule has 0 amide bonds. The molecule has 0 saturated heterocycles. The third kappa shape index (κ3) is 4.83. The van der Waals surface area contributed by atoms with E-state index in [1.165, 1.54) is 0 Å². The summed E-state index contributed by atoms with van der Waals surface area (Å²) in [6.45, 7) is 2.60. The van der Waals surface area contributed by atoms with Gasteiger partial charge in [-0.2, -0.15) is 0 Å². The molecule has 0 aliphatic carbocycles. The van der Waals surface area contributed by atoms with E-state index in [0.29, 0.717) is 6.54 Å². The molecule has 0 aromatic heterocycles. The first-order valence-electron chi connectivity index (χ1n) is 8.05. The zero-order valence-corrected chi connectivity index (χ0v) is 14.7. The first-order valence-corrected chi connectivity index (χ1v) is 8.05.